The summed E-state index contributed by atoms with van der Waals surface area (Å²) in [5.41, 5.74) is 0.589. The van der Waals surface area contributed by atoms with E-state index in [2.05, 4.69) is 20.2 Å². The summed E-state index contributed by atoms with van der Waals surface area (Å²) in [6.07, 6.45) is 8.92. The van der Waals surface area contributed by atoms with E-state index < -0.39 is 0 Å². The molecule has 9 nitrogen and oxygen atoms in total. The van der Waals surface area contributed by atoms with Crippen LogP contribution in [-0.2, 0) is 13.6 Å². The molecule has 1 amide bonds. The van der Waals surface area contributed by atoms with E-state index in [4.69, 9.17) is 4.74 Å². The molecule has 0 aromatic carbocycles. The zero-order chi connectivity index (χ0) is 19.5. The standard InChI is InChI=1S/C19H23N7O2/c1-24-16(12-25-9-7-20-13-25)22-23-18(24)15-4-3-8-26(11-15)19(27)14-5-6-21-17(10-14)28-2/h5-7,9-10,13,15H,3-4,8,11-12H2,1-2H3. The molecular formula is C19H23N7O2. The molecule has 0 saturated carbocycles. The van der Waals surface area contributed by atoms with Gasteiger partial charge in [-0.25, -0.2) is 9.97 Å². The van der Waals surface area contributed by atoms with Crippen LogP contribution in [0.5, 0.6) is 5.88 Å². The molecule has 1 unspecified atom stereocenters. The highest BCUT2D eigenvalue weighted by Gasteiger charge is 2.29. The van der Waals surface area contributed by atoms with Gasteiger partial charge in [-0.05, 0) is 18.9 Å². The fraction of sp³-hybridized carbons (Fsp3) is 0.421. The van der Waals surface area contributed by atoms with Crippen molar-refractivity contribution in [2.45, 2.75) is 25.3 Å². The Morgan fingerprint density at radius 1 is 1.32 bits per heavy atom. The van der Waals surface area contributed by atoms with Crippen LogP contribution < -0.4 is 4.74 Å². The third kappa shape index (κ3) is 3.60. The Kier molecular flexibility index (Phi) is 5.05. The van der Waals surface area contributed by atoms with E-state index in [1.165, 1.54) is 0 Å². The maximum atomic E-state index is 12.9. The van der Waals surface area contributed by atoms with E-state index >= 15 is 0 Å². The molecule has 9 heteroatoms. The van der Waals surface area contributed by atoms with Gasteiger partial charge in [-0.15, -0.1) is 10.2 Å². The van der Waals surface area contributed by atoms with Crippen molar-refractivity contribution in [3.8, 4) is 5.88 Å². The Morgan fingerprint density at radius 3 is 3.00 bits per heavy atom. The number of likely N-dealkylation sites (tertiary alicyclic amines) is 1. The van der Waals surface area contributed by atoms with Crippen LogP contribution in [0, 0.1) is 0 Å². The molecule has 0 radical (unpaired) electrons. The van der Waals surface area contributed by atoms with Gasteiger partial charge >= 0.3 is 0 Å². The van der Waals surface area contributed by atoms with Crippen molar-refractivity contribution in [1.82, 2.24) is 34.2 Å². The number of ether oxygens (including phenoxy) is 1. The van der Waals surface area contributed by atoms with E-state index in [1.807, 2.05) is 27.3 Å². The van der Waals surface area contributed by atoms with Gasteiger partial charge in [0.05, 0.1) is 20.0 Å². The van der Waals surface area contributed by atoms with Gasteiger partial charge in [0.15, 0.2) is 5.82 Å². The average Bonchev–Trinajstić information content (AvgIpc) is 3.38. The SMILES string of the molecule is COc1cc(C(=O)N2CCCC(c3nnc(Cn4ccnc4)n3C)C2)ccn1. The second kappa shape index (κ2) is 7.79. The van der Waals surface area contributed by atoms with Gasteiger partial charge in [-0.1, -0.05) is 0 Å². The number of amides is 1. The number of hydrogen-bond donors (Lipinski definition) is 0. The molecular weight excluding hydrogens is 358 g/mol. The lowest BCUT2D eigenvalue weighted by atomic mass is 9.96. The van der Waals surface area contributed by atoms with Crippen LogP contribution in [-0.4, -0.2) is 60.3 Å². The third-order valence-corrected chi connectivity index (χ3v) is 5.15. The molecule has 1 aliphatic rings. The molecule has 146 valence electrons. The highest BCUT2D eigenvalue weighted by atomic mass is 16.5. The number of hydrogen-bond acceptors (Lipinski definition) is 6. The molecule has 3 aromatic rings. The summed E-state index contributed by atoms with van der Waals surface area (Å²) >= 11 is 0. The molecule has 1 aliphatic heterocycles. The van der Waals surface area contributed by atoms with Crippen molar-refractivity contribution in [2.75, 3.05) is 20.2 Å². The number of piperidine rings is 1. The van der Waals surface area contributed by atoms with Crippen LogP contribution in [0.4, 0.5) is 0 Å². The number of imidazole rings is 1. The van der Waals surface area contributed by atoms with Crippen molar-refractivity contribution in [3.63, 3.8) is 0 Å². The van der Waals surface area contributed by atoms with Crippen LogP contribution in [0.1, 0.15) is 40.8 Å². The normalized spacial score (nSPS) is 16.9. The maximum absolute atomic E-state index is 12.9. The second-order valence-corrected chi connectivity index (χ2v) is 6.95. The number of carbonyl (C=O) groups excluding carboxylic acids is 1. The maximum Gasteiger partial charge on any atom is 0.254 e. The van der Waals surface area contributed by atoms with Crippen LogP contribution in [0.25, 0.3) is 0 Å². The number of carbonyl (C=O) groups is 1. The molecule has 4 rings (SSSR count). The van der Waals surface area contributed by atoms with Gasteiger partial charge in [0.1, 0.15) is 5.82 Å². The largest absolute Gasteiger partial charge is 0.481 e. The monoisotopic (exact) mass is 381 g/mol. The molecule has 0 bridgehead atoms. The van der Waals surface area contributed by atoms with Crippen molar-refractivity contribution in [3.05, 3.63) is 54.3 Å². The topological polar surface area (TPSA) is 91.0 Å². The number of pyridine rings is 1. The van der Waals surface area contributed by atoms with Crippen molar-refractivity contribution < 1.29 is 9.53 Å². The summed E-state index contributed by atoms with van der Waals surface area (Å²) in [6.45, 7) is 1.98. The zero-order valence-corrected chi connectivity index (χ0v) is 16.0. The van der Waals surface area contributed by atoms with Gasteiger partial charge in [-0.3, -0.25) is 4.79 Å². The number of aromatic nitrogens is 6. The predicted molar refractivity (Wildman–Crippen MR) is 101 cm³/mol. The number of methoxy groups -OCH3 is 1. The van der Waals surface area contributed by atoms with Gasteiger partial charge in [0.25, 0.3) is 5.91 Å². The number of nitrogens with zero attached hydrogens (tertiary/aromatic N) is 7. The Balaban J connectivity index is 1.49. The van der Waals surface area contributed by atoms with E-state index in [1.54, 1.807) is 38.0 Å². The van der Waals surface area contributed by atoms with Crippen molar-refractivity contribution >= 4 is 5.91 Å². The molecule has 28 heavy (non-hydrogen) atoms. The van der Waals surface area contributed by atoms with Crippen LogP contribution in [0.2, 0.25) is 0 Å². The molecule has 1 atom stereocenters. The highest BCUT2D eigenvalue weighted by molar-refractivity contribution is 5.94. The summed E-state index contributed by atoms with van der Waals surface area (Å²) < 4.78 is 9.13. The molecule has 4 heterocycles. The van der Waals surface area contributed by atoms with Gasteiger partial charge in [0.2, 0.25) is 5.88 Å². The van der Waals surface area contributed by atoms with Crippen molar-refractivity contribution in [2.24, 2.45) is 7.05 Å². The highest BCUT2D eigenvalue weighted by Crippen LogP contribution is 2.27. The molecule has 1 fully saturated rings. The summed E-state index contributed by atoms with van der Waals surface area (Å²) in [6, 6.07) is 3.40. The van der Waals surface area contributed by atoms with Crippen LogP contribution in [0.3, 0.4) is 0 Å². The third-order valence-electron chi connectivity index (χ3n) is 5.15. The fourth-order valence-electron chi connectivity index (χ4n) is 3.62. The molecule has 3 aromatic heterocycles. The van der Waals surface area contributed by atoms with Crippen LogP contribution in [0.15, 0.2) is 37.1 Å². The molecule has 0 aliphatic carbocycles. The molecule has 1 saturated heterocycles. The smallest absolute Gasteiger partial charge is 0.254 e. The molecule has 0 spiro atoms. The first-order valence-corrected chi connectivity index (χ1v) is 9.29. The van der Waals surface area contributed by atoms with Gasteiger partial charge in [0, 0.05) is 56.3 Å². The first kappa shape index (κ1) is 18.1. The zero-order valence-electron chi connectivity index (χ0n) is 16.0. The van der Waals surface area contributed by atoms with E-state index in [0.29, 0.717) is 24.5 Å². The first-order valence-electron chi connectivity index (χ1n) is 9.29. The summed E-state index contributed by atoms with van der Waals surface area (Å²) in [5.74, 6) is 2.38. The molecule has 0 N–H and O–H groups in total. The fourth-order valence-corrected chi connectivity index (χ4v) is 3.62. The van der Waals surface area contributed by atoms with Gasteiger partial charge < -0.3 is 18.8 Å². The minimum Gasteiger partial charge on any atom is -0.481 e. The average molecular weight is 381 g/mol. The second-order valence-electron chi connectivity index (χ2n) is 6.95. The minimum absolute atomic E-state index is 0.00814. The van der Waals surface area contributed by atoms with Crippen LogP contribution >= 0.6 is 0 Å². The van der Waals surface area contributed by atoms with E-state index in [-0.39, 0.29) is 11.8 Å². The summed E-state index contributed by atoms with van der Waals surface area (Å²) in [5, 5.41) is 8.78. The lowest BCUT2D eigenvalue weighted by molar-refractivity contribution is 0.0703. The Morgan fingerprint density at radius 2 is 2.21 bits per heavy atom. The van der Waals surface area contributed by atoms with E-state index in [0.717, 1.165) is 31.0 Å². The summed E-state index contributed by atoms with van der Waals surface area (Å²) in [4.78, 5) is 23.0. The Bertz CT molecular complexity index is 951. The first-order chi connectivity index (χ1) is 13.7. The lowest BCUT2D eigenvalue weighted by Gasteiger charge is -2.32. The Hall–Kier alpha value is -3.23. The van der Waals surface area contributed by atoms with Crippen molar-refractivity contribution in [1.29, 1.82) is 0 Å². The predicted octanol–water partition coefficient (Wildman–Crippen LogP) is 1.48. The van der Waals surface area contributed by atoms with E-state index in [9.17, 15) is 4.79 Å². The quantitative estimate of drug-likeness (QED) is 0.665. The Labute approximate surface area is 163 Å². The number of rotatable bonds is 5. The minimum atomic E-state index is -0.00814. The summed E-state index contributed by atoms with van der Waals surface area (Å²) in [7, 11) is 3.53. The lowest BCUT2D eigenvalue weighted by Crippen LogP contribution is -2.39. The van der Waals surface area contributed by atoms with Gasteiger partial charge in [-0.2, -0.15) is 0 Å².